The fraction of sp³-hybridized carbons (Fsp3) is 0.364. The van der Waals surface area contributed by atoms with Crippen molar-refractivity contribution in [1.29, 1.82) is 0 Å². The van der Waals surface area contributed by atoms with Crippen molar-refractivity contribution >= 4 is 0 Å². The molecular formula is C22H28O3. The lowest BCUT2D eigenvalue weighted by molar-refractivity contribution is -0.117. The lowest BCUT2D eigenvalue weighted by atomic mass is 10.0. The third-order valence-electron chi connectivity index (χ3n) is 4.09. The first kappa shape index (κ1) is 19.4. The van der Waals surface area contributed by atoms with Crippen LogP contribution in [0.3, 0.4) is 0 Å². The Morgan fingerprint density at radius 1 is 0.920 bits per heavy atom. The second-order valence-electron chi connectivity index (χ2n) is 6.11. The van der Waals surface area contributed by atoms with E-state index in [1.807, 2.05) is 67.6 Å². The van der Waals surface area contributed by atoms with Gasteiger partial charge < -0.3 is 14.6 Å². The molecule has 0 spiro atoms. The molecule has 0 aliphatic carbocycles. The van der Waals surface area contributed by atoms with Gasteiger partial charge in [-0.25, -0.2) is 0 Å². The highest BCUT2D eigenvalue weighted by Crippen LogP contribution is 2.18. The predicted molar refractivity (Wildman–Crippen MR) is 101 cm³/mol. The van der Waals surface area contributed by atoms with E-state index in [4.69, 9.17) is 9.47 Å². The van der Waals surface area contributed by atoms with Crippen LogP contribution in [0.15, 0.2) is 73.3 Å². The minimum Gasteiger partial charge on any atom is -0.390 e. The van der Waals surface area contributed by atoms with Gasteiger partial charge in [0.25, 0.3) is 0 Å². The minimum absolute atomic E-state index is 0.370. The zero-order valence-electron chi connectivity index (χ0n) is 14.9. The molecule has 1 N–H and O–H groups in total. The molecule has 3 nitrogen and oxygen atoms in total. The summed E-state index contributed by atoms with van der Waals surface area (Å²) in [5.74, 6) is 0. The highest BCUT2D eigenvalue weighted by atomic mass is 16.5. The molecule has 134 valence electrons. The molecule has 2 aromatic carbocycles. The van der Waals surface area contributed by atoms with Crippen molar-refractivity contribution in [3.8, 4) is 0 Å². The Bertz CT molecular complexity index is 597. The maximum absolute atomic E-state index is 10.5. The average Bonchev–Trinajstić information content (AvgIpc) is 2.66. The van der Waals surface area contributed by atoms with Crippen molar-refractivity contribution in [2.24, 2.45) is 0 Å². The minimum atomic E-state index is -0.590. The maximum Gasteiger partial charge on any atom is 0.113 e. The second-order valence-corrected chi connectivity index (χ2v) is 6.11. The molecule has 0 radical (unpaired) electrons. The van der Waals surface area contributed by atoms with Crippen LogP contribution in [-0.2, 0) is 22.7 Å². The topological polar surface area (TPSA) is 38.7 Å². The average molecular weight is 340 g/mol. The summed E-state index contributed by atoms with van der Waals surface area (Å²) in [6.45, 7) is 6.82. The number of hydrogen-bond donors (Lipinski definition) is 1. The van der Waals surface area contributed by atoms with E-state index in [0.717, 1.165) is 17.5 Å². The van der Waals surface area contributed by atoms with Gasteiger partial charge in [-0.1, -0.05) is 80.1 Å². The zero-order chi connectivity index (χ0) is 17.9. The van der Waals surface area contributed by atoms with Crippen LogP contribution in [0.4, 0.5) is 0 Å². The van der Waals surface area contributed by atoms with Crippen LogP contribution in [0.25, 0.3) is 0 Å². The maximum atomic E-state index is 10.5. The van der Waals surface area contributed by atoms with Crippen LogP contribution in [0.2, 0.25) is 0 Å². The van der Waals surface area contributed by atoms with Gasteiger partial charge in [-0.05, 0) is 17.5 Å². The van der Waals surface area contributed by atoms with Gasteiger partial charge >= 0.3 is 0 Å². The Morgan fingerprint density at radius 2 is 1.44 bits per heavy atom. The fourth-order valence-electron chi connectivity index (χ4n) is 2.72. The van der Waals surface area contributed by atoms with Crippen LogP contribution in [-0.4, -0.2) is 23.4 Å². The van der Waals surface area contributed by atoms with E-state index in [9.17, 15) is 5.11 Å². The van der Waals surface area contributed by atoms with E-state index in [1.165, 1.54) is 0 Å². The highest BCUT2D eigenvalue weighted by Gasteiger charge is 2.27. The van der Waals surface area contributed by atoms with Crippen molar-refractivity contribution < 1.29 is 14.6 Å². The normalized spacial score (nSPS) is 14.6. The van der Waals surface area contributed by atoms with E-state index in [0.29, 0.717) is 19.6 Å². The summed E-state index contributed by atoms with van der Waals surface area (Å²) < 4.78 is 12.0. The largest absolute Gasteiger partial charge is 0.390 e. The number of aliphatic hydroxyl groups is 1. The van der Waals surface area contributed by atoms with Crippen LogP contribution in [0.5, 0.6) is 0 Å². The summed E-state index contributed by atoms with van der Waals surface area (Å²) >= 11 is 0. The quantitative estimate of drug-likeness (QED) is 0.612. The van der Waals surface area contributed by atoms with Crippen molar-refractivity contribution in [2.75, 3.05) is 0 Å². The first-order chi connectivity index (χ1) is 12.2. The number of ether oxygens (including phenoxy) is 2. The zero-order valence-corrected chi connectivity index (χ0v) is 14.9. The second kappa shape index (κ2) is 10.8. The molecule has 0 saturated carbocycles. The molecule has 3 atom stereocenters. The Morgan fingerprint density at radius 3 is 1.92 bits per heavy atom. The van der Waals surface area contributed by atoms with E-state index in [1.54, 1.807) is 6.08 Å². The number of hydrogen-bond acceptors (Lipinski definition) is 3. The molecule has 2 rings (SSSR count). The molecule has 0 saturated heterocycles. The lowest BCUT2D eigenvalue weighted by Crippen LogP contribution is -2.40. The van der Waals surface area contributed by atoms with Gasteiger partial charge in [-0.3, -0.25) is 0 Å². The van der Waals surface area contributed by atoms with Gasteiger partial charge in [0.1, 0.15) is 12.2 Å². The molecule has 2 aromatic rings. The molecular weight excluding hydrogens is 312 g/mol. The summed E-state index contributed by atoms with van der Waals surface area (Å²) in [6.07, 6.45) is 1.87. The fourth-order valence-corrected chi connectivity index (χ4v) is 2.72. The Hall–Kier alpha value is -1.94. The number of benzene rings is 2. The Balaban J connectivity index is 2.01. The van der Waals surface area contributed by atoms with Crippen molar-refractivity contribution in [2.45, 2.75) is 51.3 Å². The Kier molecular flexibility index (Phi) is 8.40. The SMILES string of the molecule is C=C[C@H](OCc1ccccc1)[C@H](OCc1ccccc1)[C@H](O)CCC. The van der Waals surface area contributed by atoms with Crippen LogP contribution >= 0.6 is 0 Å². The van der Waals surface area contributed by atoms with Crippen LogP contribution in [0, 0.1) is 0 Å². The van der Waals surface area contributed by atoms with Gasteiger partial charge in [0.15, 0.2) is 0 Å². The number of rotatable bonds is 11. The molecule has 0 fully saturated rings. The van der Waals surface area contributed by atoms with Crippen molar-refractivity contribution in [3.05, 3.63) is 84.4 Å². The Labute approximate surface area is 150 Å². The van der Waals surface area contributed by atoms with Crippen LogP contribution in [0.1, 0.15) is 30.9 Å². The molecule has 0 unspecified atom stereocenters. The van der Waals surface area contributed by atoms with Gasteiger partial charge in [0.2, 0.25) is 0 Å². The van der Waals surface area contributed by atoms with E-state index in [-0.39, 0.29) is 6.10 Å². The molecule has 3 heteroatoms. The van der Waals surface area contributed by atoms with Gasteiger partial charge in [-0.15, -0.1) is 6.58 Å². The van der Waals surface area contributed by atoms with E-state index < -0.39 is 12.2 Å². The monoisotopic (exact) mass is 340 g/mol. The van der Waals surface area contributed by atoms with Gasteiger partial charge in [-0.2, -0.15) is 0 Å². The summed E-state index contributed by atoms with van der Waals surface area (Å²) in [5.41, 5.74) is 2.16. The molecule has 0 bridgehead atoms. The molecule has 25 heavy (non-hydrogen) atoms. The molecule has 0 heterocycles. The van der Waals surface area contributed by atoms with Crippen LogP contribution < -0.4 is 0 Å². The molecule has 0 amide bonds. The van der Waals surface area contributed by atoms with E-state index >= 15 is 0 Å². The standard InChI is InChI=1S/C22H28O3/c1-3-11-20(23)22(25-17-19-14-9-6-10-15-19)21(4-2)24-16-18-12-7-5-8-13-18/h4-10,12-15,20-23H,2-3,11,16-17H2,1H3/t20-,21+,22-/m1/s1. The lowest BCUT2D eigenvalue weighted by Gasteiger charge is -2.29. The van der Waals surface area contributed by atoms with E-state index in [2.05, 4.69) is 6.58 Å². The molecule has 0 aliphatic heterocycles. The smallest absolute Gasteiger partial charge is 0.113 e. The third-order valence-corrected chi connectivity index (χ3v) is 4.09. The molecule has 0 aromatic heterocycles. The first-order valence-electron chi connectivity index (χ1n) is 8.86. The van der Waals surface area contributed by atoms with Gasteiger partial charge in [0, 0.05) is 0 Å². The van der Waals surface area contributed by atoms with Gasteiger partial charge in [0.05, 0.1) is 19.3 Å². The first-order valence-corrected chi connectivity index (χ1v) is 8.86. The summed E-state index contributed by atoms with van der Waals surface area (Å²) in [6, 6.07) is 19.9. The van der Waals surface area contributed by atoms with Crippen molar-refractivity contribution in [3.63, 3.8) is 0 Å². The number of aliphatic hydroxyl groups excluding tert-OH is 1. The summed E-state index contributed by atoms with van der Waals surface area (Å²) in [5, 5.41) is 10.5. The predicted octanol–water partition coefficient (Wildman–Crippen LogP) is 4.50. The molecule has 0 aliphatic rings. The third kappa shape index (κ3) is 6.46. The summed E-state index contributed by atoms with van der Waals surface area (Å²) in [7, 11) is 0. The highest BCUT2D eigenvalue weighted by molar-refractivity contribution is 5.14. The summed E-state index contributed by atoms with van der Waals surface area (Å²) in [4.78, 5) is 0. The van der Waals surface area contributed by atoms with Crippen molar-refractivity contribution in [1.82, 2.24) is 0 Å².